The number of carbonyl (C=O) groups excluding carboxylic acids is 2. The first-order chi connectivity index (χ1) is 12.6. The number of hydrogen-bond acceptors (Lipinski definition) is 4. The molecule has 142 valence electrons. The van der Waals surface area contributed by atoms with Crippen molar-refractivity contribution in [3.63, 3.8) is 0 Å². The molecule has 1 saturated heterocycles. The lowest BCUT2D eigenvalue weighted by molar-refractivity contribution is -0.139. The second-order valence-corrected chi connectivity index (χ2v) is 7.24. The summed E-state index contributed by atoms with van der Waals surface area (Å²) in [5, 5.41) is 5.38. The minimum atomic E-state index is -0.556. The van der Waals surface area contributed by atoms with Crippen LogP contribution >= 0.6 is 0 Å². The van der Waals surface area contributed by atoms with Crippen LogP contribution in [0.3, 0.4) is 0 Å². The molecule has 2 aliphatic heterocycles. The molecular weight excluding hydrogens is 328 g/mol. The maximum absolute atomic E-state index is 12.0. The Balaban J connectivity index is 1.76. The predicted octanol–water partition coefficient (Wildman–Crippen LogP) is 1.46. The second kappa shape index (κ2) is 8.54. The van der Waals surface area contributed by atoms with Crippen molar-refractivity contribution in [1.82, 2.24) is 15.5 Å². The third kappa shape index (κ3) is 4.18. The van der Waals surface area contributed by atoms with Crippen LogP contribution in [0.1, 0.15) is 43.4 Å². The number of rotatable bonds is 5. The Bertz CT molecular complexity index is 655. The number of fused-ring (bicyclic) bond motifs is 1. The predicted molar refractivity (Wildman–Crippen MR) is 103 cm³/mol. The van der Waals surface area contributed by atoms with Crippen molar-refractivity contribution in [3.8, 4) is 0 Å². The molecule has 0 saturated carbocycles. The third-order valence-electron chi connectivity index (χ3n) is 5.42. The molecule has 26 heavy (non-hydrogen) atoms. The van der Waals surface area contributed by atoms with E-state index < -0.39 is 11.8 Å². The molecule has 0 aromatic heterocycles. The number of amides is 2. The molecule has 0 aliphatic carbocycles. The van der Waals surface area contributed by atoms with E-state index in [0.717, 1.165) is 26.1 Å². The lowest BCUT2D eigenvalue weighted by Gasteiger charge is -2.31. The van der Waals surface area contributed by atoms with E-state index in [2.05, 4.69) is 45.7 Å². The number of likely N-dealkylation sites (tertiary alicyclic amines) is 1. The highest BCUT2D eigenvalue weighted by molar-refractivity contribution is 6.35. The standard InChI is InChI=1S/C20H30N4O2/c1-3-21-19(25)20(26)22-14-18(24-11-4-5-12-24)16-8-9-17-15(13-16)7-6-10-23(17)2/h8-9,13,18H,3-7,10-12,14H2,1-2H3,(H,21,25)(H,22,26). The number of aryl methyl sites for hydroxylation is 1. The van der Waals surface area contributed by atoms with Crippen LogP contribution in [0.4, 0.5) is 5.69 Å². The van der Waals surface area contributed by atoms with Gasteiger partial charge in [-0.2, -0.15) is 0 Å². The third-order valence-corrected chi connectivity index (χ3v) is 5.42. The van der Waals surface area contributed by atoms with Gasteiger partial charge in [0.25, 0.3) is 0 Å². The van der Waals surface area contributed by atoms with Gasteiger partial charge in [-0.15, -0.1) is 0 Å². The summed E-state index contributed by atoms with van der Waals surface area (Å²) in [7, 11) is 2.14. The summed E-state index contributed by atoms with van der Waals surface area (Å²) in [4.78, 5) is 28.4. The van der Waals surface area contributed by atoms with Gasteiger partial charge < -0.3 is 15.5 Å². The lowest BCUT2D eigenvalue weighted by atomic mass is 9.96. The van der Waals surface area contributed by atoms with E-state index in [1.165, 1.54) is 36.1 Å². The van der Waals surface area contributed by atoms with Crippen molar-refractivity contribution in [1.29, 1.82) is 0 Å². The molecule has 3 rings (SSSR count). The monoisotopic (exact) mass is 358 g/mol. The molecule has 6 nitrogen and oxygen atoms in total. The highest BCUT2D eigenvalue weighted by Crippen LogP contribution is 2.31. The fraction of sp³-hybridized carbons (Fsp3) is 0.600. The van der Waals surface area contributed by atoms with E-state index >= 15 is 0 Å². The Labute approximate surface area is 155 Å². The first kappa shape index (κ1) is 18.7. The van der Waals surface area contributed by atoms with Crippen LogP contribution in [0.15, 0.2) is 18.2 Å². The van der Waals surface area contributed by atoms with Gasteiger partial charge >= 0.3 is 11.8 Å². The summed E-state index contributed by atoms with van der Waals surface area (Å²) >= 11 is 0. The summed E-state index contributed by atoms with van der Waals surface area (Å²) in [6.45, 7) is 5.91. The fourth-order valence-corrected chi connectivity index (χ4v) is 4.03. The quantitative estimate of drug-likeness (QED) is 0.782. The molecule has 1 aromatic rings. The minimum Gasteiger partial charge on any atom is -0.374 e. The summed E-state index contributed by atoms with van der Waals surface area (Å²) in [5.74, 6) is -1.10. The Morgan fingerprint density at radius 3 is 2.54 bits per heavy atom. The minimum absolute atomic E-state index is 0.119. The van der Waals surface area contributed by atoms with E-state index in [1.54, 1.807) is 0 Å². The molecule has 1 atom stereocenters. The molecule has 6 heteroatoms. The molecule has 2 N–H and O–H groups in total. The summed E-state index contributed by atoms with van der Waals surface area (Å²) in [6.07, 6.45) is 4.66. The normalized spacial score (nSPS) is 18.3. The average Bonchev–Trinajstić information content (AvgIpc) is 3.16. The van der Waals surface area contributed by atoms with Crippen molar-refractivity contribution in [2.45, 2.75) is 38.6 Å². The molecule has 0 radical (unpaired) electrons. The van der Waals surface area contributed by atoms with Crippen LogP contribution in [0.5, 0.6) is 0 Å². The van der Waals surface area contributed by atoms with E-state index in [1.807, 2.05) is 6.92 Å². The molecule has 2 heterocycles. The Morgan fingerprint density at radius 2 is 1.81 bits per heavy atom. The second-order valence-electron chi connectivity index (χ2n) is 7.24. The molecule has 0 bridgehead atoms. The van der Waals surface area contributed by atoms with Crippen LogP contribution < -0.4 is 15.5 Å². The van der Waals surface area contributed by atoms with Crippen molar-refractivity contribution < 1.29 is 9.59 Å². The lowest BCUT2D eigenvalue weighted by Crippen LogP contribution is -2.43. The van der Waals surface area contributed by atoms with Gasteiger partial charge in [0.2, 0.25) is 0 Å². The molecule has 1 fully saturated rings. The first-order valence-electron chi connectivity index (χ1n) is 9.74. The Hall–Kier alpha value is -2.08. The van der Waals surface area contributed by atoms with Gasteiger partial charge in [0.15, 0.2) is 0 Å². The molecule has 0 spiro atoms. The zero-order valence-corrected chi connectivity index (χ0v) is 15.9. The van der Waals surface area contributed by atoms with Gasteiger partial charge in [0.05, 0.1) is 6.04 Å². The highest BCUT2D eigenvalue weighted by Gasteiger charge is 2.26. The van der Waals surface area contributed by atoms with Gasteiger partial charge in [0.1, 0.15) is 0 Å². The number of nitrogens with one attached hydrogen (secondary N) is 2. The van der Waals surface area contributed by atoms with Crippen molar-refractivity contribution in [2.75, 3.05) is 44.7 Å². The number of hydrogen-bond donors (Lipinski definition) is 2. The molecule has 1 aromatic carbocycles. The van der Waals surface area contributed by atoms with Gasteiger partial charge in [-0.3, -0.25) is 14.5 Å². The molecule has 2 aliphatic rings. The number of nitrogens with zero attached hydrogens (tertiary/aromatic N) is 2. The maximum atomic E-state index is 12.0. The summed E-state index contributed by atoms with van der Waals surface area (Å²) in [5.41, 5.74) is 3.93. The number of benzene rings is 1. The number of anilines is 1. The van der Waals surface area contributed by atoms with Crippen molar-refractivity contribution in [3.05, 3.63) is 29.3 Å². The van der Waals surface area contributed by atoms with E-state index in [4.69, 9.17) is 0 Å². The van der Waals surface area contributed by atoms with Gasteiger partial charge in [-0.25, -0.2) is 0 Å². The maximum Gasteiger partial charge on any atom is 0.309 e. The highest BCUT2D eigenvalue weighted by atomic mass is 16.2. The van der Waals surface area contributed by atoms with Gasteiger partial charge in [0, 0.05) is 32.4 Å². The van der Waals surface area contributed by atoms with Crippen molar-refractivity contribution in [2.24, 2.45) is 0 Å². The van der Waals surface area contributed by atoms with Crippen molar-refractivity contribution >= 4 is 17.5 Å². The Morgan fingerprint density at radius 1 is 1.08 bits per heavy atom. The molecule has 2 amide bonds. The largest absolute Gasteiger partial charge is 0.374 e. The fourth-order valence-electron chi connectivity index (χ4n) is 4.03. The average molecular weight is 358 g/mol. The van der Waals surface area contributed by atoms with Crippen LogP contribution in [-0.2, 0) is 16.0 Å². The zero-order chi connectivity index (χ0) is 18.5. The van der Waals surface area contributed by atoms with Crippen LogP contribution in [0, 0.1) is 0 Å². The van der Waals surface area contributed by atoms with E-state index in [0.29, 0.717) is 13.1 Å². The Kier molecular flexibility index (Phi) is 6.14. The SMILES string of the molecule is CCNC(=O)C(=O)NCC(c1ccc2c(c1)CCCN2C)N1CCCC1. The topological polar surface area (TPSA) is 64.7 Å². The van der Waals surface area contributed by atoms with Gasteiger partial charge in [-0.1, -0.05) is 12.1 Å². The van der Waals surface area contributed by atoms with Crippen LogP contribution in [-0.4, -0.2) is 56.5 Å². The molecule has 1 unspecified atom stereocenters. The van der Waals surface area contributed by atoms with Crippen LogP contribution in [0.2, 0.25) is 0 Å². The van der Waals surface area contributed by atoms with E-state index in [-0.39, 0.29) is 6.04 Å². The smallest absolute Gasteiger partial charge is 0.309 e. The van der Waals surface area contributed by atoms with Gasteiger partial charge in [-0.05, 0) is 62.9 Å². The van der Waals surface area contributed by atoms with Crippen LogP contribution in [0.25, 0.3) is 0 Å². The first-order valence-corrected chi connectivity index (χ1v) is 9.74. The summed E-state index contributed by atoms with van der Waals surface area (Å²) < 4.78 is 0. The van der Waals surface area contributed by atoms with E-state index in [9.17, 15) is 9.59 Å². The molecular formula is C20H30N4O2. The number of likely N-dealkylation sites (N-methyl/N-ethyl adjacent to an activating group) is 1. The zero-order valence-electron chi connectivity index (χ0n) is 15.9. The summed E-state index contributed by atoms with van der Waals surface area (Å²) in [6, 6.07) is 6.81. The number of carbonyl (C=O) groups is 2.